The SMILES string of the molecule is CCC(C)CCCCCCCCCCC(=O)O[C@H](COC(=O)CCCCCCCCC(C)C)COP(=O)(O)OC[C@H](O)COP(=O)(O)OC[C@@H](COC(=O)CCCCCCCCCCCCCCCCCCC(C)C)OC(=O)CCCCCCCCCCCCCCCCCCC(C)C. The number of unbranched alkanes of at least 4 members (excludes halogenated alkanes) is 42. The molecule has 0 saturated heterocycles. The maximum Gasteiger partial charge on any atom is 0.472 e. The van der Waals surface area contributed by atoms with E-state index in [2.05, 4.69) is 55.4 Å². The highest BCUT2D eigenvalue weighted by atomic mass is 31.2. The van der Waals surface area contributed by atoms with Gasteiger partial charge in [0.25, 0.3) is 0 Å². The third kappa shape index (κ3) is 72.8. The predicted octanol–water partition coefficient (Wildman–Crippen LogP) is 23.6. The zero-order valence-corrected chi connectivity index (χ0v) is 66.9. The van der Waals surface area contributed by atoms with Gasteiger partial charge in [-0.2, -0.15) is 0 Å². The van der Waals surface area contributed by atoms with Gasteiger partial charge >= 0.3 is 39.5 Å². The summed E-state index contributed by atoms with van der Waals surface area (Å²) < 4.78 is 68.6. The van der Waals surface area contributed by atoms with Gasteiger partial charge in [-0.1, -0.05) is 357 Å². The number of ether oxygens (including phenoxy) is 4. The Bertz CT molecular complexity index is 1940. The van der Waals surface area contributed by atoms with Crippen LogP contribution in [0.25, 0.3) is 0 Å². The minimum Gasteiger partial charge on any atom is -0.462 e. The van der Waals surface area contributed by atoms with Crippen LogP contribution in [0.5, 0.6) is 0 Å². The van der Waals surface area contributed by atoms with Crippen molar-refractivity contribution in [3.63, 3.8) is 0 Å². The molecule has 0 aliphatic carbocycles. The highest BCUT2D eigenvalue weighted by Gasteiger charge is 2.30. The first-order valence-electron chi connectivity index (χ1n) is 41.2. The summed E-state index contributed by atoms with van der Waals surface area (Å²) >= 11 is 0. The van der Waals surface area contributed by atoms with Crippen molar-refractivity contribution in [3.8, 4) is 0 Å². The topological polar surface area (TPSA) is 237 Å². The van der Waals surface area contributed by atoms with Crippen LogP contribution in [0, 0.1) is 23.7 Å². The van der Waals surface area contributed by atoms with Crippen molar-refractivity contribution in [1.29, 1.82) is 0 Å². The third-order valence-electron chi connectivity index (χ3n) is 18.9. The maximum atomic E-state index is 13.1. The number of carbonyl (C=O) groups excluding carboxylic acids is 4. The number of hydrogen-bond donors (Lipinski definition) is 3. The van der Waals surface area contributed by atoms with E-state index in [0.717, 1.165) is 114 Å². The number of carbonyl (C=O) groups is 4. The first-order valence-corrected chi connectivity index (χ1v) is 44.2. The number of aliphatic hydroxyl groups is 1. The lowest BCUT2D eigenvalue weighted by Crippen LogP contribution is -2.30. The molecule has 3 unspecified atom stereocenters. The quantitative estimate of drug-likeness (QED) is 0.0222. The summed E-state index contributed by atoms with van der Waals surface area (Å²) in [7, 11) is -9.92. The number of phosphoric ester groups is 2. The average molecular weight is 1450 g/mol. The van der Waals surface area contributed by atoms with E-state index in [9.17, 15) is 43.2 Å². The molecular formula is C80H156O17P2. The Morgan fingerprint density at radius 1 is 0.283 bits per heavy atom. The standard InChI is InChI=1S/C80H156O17P2/c1-9-73(8)59-51-43-34-30-31-37-47-55-63-80(85)97-76(67-91-78(83)61-53-45-39-38-42-50-58-72(6)7)69-95-99(88,89)93-65-74(81)64-92-98(86,87)94-68-75(96-79(84)62-54-46-36-29-25-21-17-13-11-15-19-23-27-33-41-49-57-71(4)5)66-90-77(82)60-52-44-35-28-24-20-16-12-10-14-18-22-26-32-40-48-56-70(2)3/h70-76,81H,9-69H2,1-8H3,(H,86,87)(H,88,89)/t73?,74-,75-,76-/m1/s1. The lowest BCUT2D eigenvalue weighted by Gasteiger charge is -2.21. The molecule has 0 aliphatic heterocycles. The Kier molecular flexibility index (Phi) is 67.8. The van der Waals surface area contributed by atoms with E-state index in [1.54, 1.807) is 0 Å². The molecule has 0 aromatic carbocycles. The highest BCUT2D eigenvalue weighted by Crippen LogP contribution is 2.45. The van der Waals surface area contributed by atoms with Gasteiger partial charge in [-0.15, -0.1) is 0 Å². The third-order valence-corrected chi connectivity index (χ3v) is 20.8. The van der Waals surface area contributed by atoms with Crippen molar-refractivity contribution in [2.75, 3.05) is 39.6 Å². The van der Waals surface area contributed by atoms with Gasteiger partial charge in [-0.3, -0.25) is 37.3 Å². The van der Waals surface area contributed by atoms with E-state index in [0.29, 0.717) is 31.6 Å². The molecule has 0 radical (unpaired) electrons. The van der Waals surface area contributed by atoms with Gasteiger partial charge < -0.3 is 33.8 Å². The molecule has 0 bridgehead atoms. The first kappa shape index (κ1) is 97.1. The van der Waals surface area contributed by atoms with Crippen LogP contribution >= 0.6 is 15.6 Å². The molecular weight excluding hydrogens is 1290 g/mol. The Hall–Kier alpha value is -1.94. The predicted molar refractivity (Wildman–Crippen MR) is 404 cm³/mol. The summed E-state index contributed by atoms with van der Waals surface area (Å²) in [6.07, 6.45) is 55.7. The lowest BCUT2D eigenvalue weighted by atomic mass is 9.99. The fourth-order valence-corrected chi connectivity index (χ4v) is 13.8. The molecule has 0 saturated carbocycles. The van der Waals surface area contributed by atoms with Crippen LogP contribution in [-0.4, -0.2) is 96.7 Å². The van der Waals surface area contributed by atoms with Gasteiger partial charge in [-0.05, 0) is 49.4 Å². The molecule has 588 valence electrons. The molecule has 17 nitrogen and oxygen atoms in total. The molecule has 0 aromatic rings. The van der Waals surface area contributed by atoms with Crippen molar-refractivity contribution in [2.45, 2.75) is 427 Å². The average Bonchev–Trinajstić information content (AvgIpc) is 1.40. The van der Waals surface area contributed by atoms with Crippen LogP contribution in [0.1, 0.15) is 409 Å². The fraction of sp³-hybridized carbons (Fsp3) is 0.950. The molecule has 0 fully saturated rings. The number of phosphoric acid groups is 2. The van der Waals surface area contributed by atoms with Crippen molar-refractivity contribution in [2.24, 2.45) is 23.7 Å². The van der Waals surface area contributed by atoms with Crippen LogP contribution in [0.2, 0.25) is 0 Å². The van der Waals surface area contributed by atoms with E-state index < -0.39 is 97.5 Å². The van der Waals surface area contributed by atoms with E-state index >= 15 is 0 Å². The van der Waals surface area contributed by atoms with E-state index in [4.69, 9.17) is 37.0 Å². The Balaban J connectivity index is 5.22. The molecule has 19 heteroatoms. The normalized spacial score (nSPS) is 14.3. The summed E-state index contributed by atoms with van der Waals surface area (Å²) in [4.78, 5) is 72.9. The summed E-state index contributed by atoms with van der Waals surface area (Å²) in [6, 6.07) is 0. The molecule has 0 rings (SSSR count). The van der Waals surface area contributed by atoms with Crippen LogP contribution < -0.4 is 0 Å². The lowest BCUT2D eigenvalue weighted by molar-refractivity contribution is -0.161. The molecule has 0 aromatic heterocycles. The maximum absolute atomic E-state index is 13.1. The Morgan fingerprint density at radius 2 is 0.485 bits per heavy atom. The molecule has 3 N–H and O–H groups in total. The number of rotatable bonds is 77. The fourth-order valence-electron chi connectivity index (χ4n) is 12.2. The van der Waals surface area contributed by atoms with Crippen LogP contribution in [-0.2, 0) is 65.4 Å². The number of esters is 4. The van der Waals surface area contributed by atoms with Crippen molar-refractivity contribution in [1.82, 2.24) is 0 Å². The van der Waals surface area contributed by atoms with Crippen molar-refractivity contribution < 1.29 is 80.2 Å². The minimum absolute atomic E-state index is 0.104. The smallest absolute Gasteiger partial charge is 0.462 e. The van der Waals surface area contributed by atoms with E-state index in [1.807, 2.05) is 0 Å². The van der Waals surface area contributed by atoms with Crippen LogP contribution in [0.3, 0.4) is 0 Å². The minimum atomic E-state index is -4.96. The monoisotopic (exact) mass is 1450 g/mol. The first-order chi connectivity index (χ1) is 47.6. The molecule has 0 aliphatic rings. The molecule has 0 heterocycles. The second-order valence-corrected chi connectivity index (χ2v) is 33.4. The highest BCUT2D eigenvalue weighted by molar-refractivity contribution is 7.47. The van der Waals surface area contributed by atoms with Gasteiger partial charge in [0.05, 0.1) is 26.4 Å². The van der Waals surface area contributed by atoms with Gasteiger partial charge in [0, 0.05) is 25.7 Å². The summed E-state index contributed by atoms with van der Waals surface area (Å²) in [5, 5.41) is 10.6. The van der Waals surface area contributed by atoms with Crippen LogP contribution in [0.4, 0.5) is 0 Å². The molecule has 6 atom stereocenters. The largest absolute Gasteiger partial charge is 0.472 e. The second kappa shape index (κ2) is 69.1. The molecule has 0 amide bonds. The second-order valence-electron chi connectivity index (χ2n) is 30.5. The van der Waals surface area contributed by atoms with E-state index in [1.165, 1.54) is 205 Å². The Labute approximate surface area is 607 Å². The summed E-state index contributed by atoms with van der Waals surface area (Å²) in [5.74, 6) is 0.952. The summed E-state index contributed by atoms with van der Waals surface area (Å²) in [5.41, 5.74) is 0. The zero-order chi connectivity index (χ0) is 73.1. The van der Waals surface area contributed by atoms with Crippen LogP contribution in [0.15, 0.2) is 0 Å². The Morgan fingerprint density at radius 3 is 0.717 bits per heavy atom. The van der Waals surface area contributed by atoms with E-state index in [-0.39, 0.29) is 25.7 Å². The zero-order valence-electron chi connectivity index (χ0n) is 65.1. The van der Waals surface area contributed by atoms with Gasteiger partial charge in [0.2, 0.25) is 0 Å². The van der Waals surface area contributed by atoms with Gasteiger partial charge in [0.15, 0.2) is 12.2 Å². The number of hydrogen-bond acceptors (Lipinski definition) is 15. The van der Waals surface area contributed by atoms with Crippen molar-refractivity contribution >= 4 is 39.5 Å². The van der Waals surface area contributed by atoms with Gasteiger partial charge in [-0.25, -0.2) is 9.13 Å². The summed E-state index contributed by atoms with van der Waals surface area (Å²) in [6.45, 7) is 14.2. The molecule has 99 heavy (non-hydrogen) atoms. The molecule has 0 spiro atoms. The van der Waals surface area contributed by atoms with Gasteiger partial charge in [0.1, 0.15) is 19.3 Å². The number of aliphatic hydroxyl groups excluding tert-OH is 1. The van der Waals surface area contributed by atoms with Crippen molar-refractivity contribution in [3.05, 3.63) is 0 Å².